The Hall–Kier alpha value is -2.98. The maximum Gasteiger partial charge on any atom is 0.258 e. The van der Waals surface area contributed by atoms with Gasteiger partial charge in [-0.2, -0.15) is 0 Å². The van der Waals surface area contributed by atoms with Gasteiger partial charge in [0.2, 0.25) is 0 Å². The van der Waals surface area contributed by atoms with Crippen molar-refractivity contribution in [1.29, 1.82) is 0 Å². The third-order valence-electron chi connectivity index (χ3n) is 4.81. The number of hydrogen-bond acceptors (Lipinski definition) is 3. The molecule has 0 radical (unpaired) electrons. The van der Waals surface area contributed by atoms with Crippen molar-refractivity contribution in [1.82, 2.24) is 4.98 Å². The van der Waals surface area contributed by atoms with Gasteiger partial charge in [0.1, 0.15) is 0 Å². The van der Waals surface area contributed by atoms with Gasteiger partial charge in [-0.15, -0.1) is 11.3 Å². The van der Waals surface area contributed by atoms with Crippen LogP contribution in [0.25, 0.3) is 22.0 Å². The molecule has 4 aromatic rings. The third-order valence-corrected chi connectivity index (χ3v) is 5.56. The predicted octanol–water partition coefficient (Wildman–Crippen LogP) is 6.51. The molecule has 3 nitrogen and oxygen atoms in total. The van der Waals surface area contributed by atoms with Crippen LogP contribution in [0.5, 0.6) is 0 Å². The van der Waals surface area contributed by atoms with E-state index in [0.29, 0.717) is 10.7 Å². The Balaban J connectivity index is 1.55. The van der Waals surface area contributed by atoms with Gasteiger partial charge in [0.15, 0.2) is 5.13 Å². The highest BCUT2D eigenvalue weighted by molar-refractivity contribution is 7.14. The zero-order chi connectivity index (χ0) is 19.7. The minimum absolute atomic E-state index is 0.123. The number of nitrogens with one attached hydrogen (secondary N) is 1. The van der Waals surface area contributed by atoms with Gasteiger partial charge in [0, 0.05) is 16.5 Å². The van der Waals surface area contributed by atoms with E-state index in [2.05, 4.69) is 55.3 Å². The molecule has 0 fully saturated rings. The second-order valence-electron chi connectivity index (χ2n) is 7.85. The van der Waals surface area contributed by atoms with Crippen LogP contribution in [0.1, 0.15) is 36.7 Å². The highest BCUT2D eigenvalue weighted by Gasteiger charge is 2.15. The summed E-state index contributed by atoms with van der Waals surface area (Å²) in [6.45, 7) is 6.60. The van der Waals surface area contributed by atoms with Crippen LogP contribution in [-0.4, -0.2) is 10.9 Å². The Morgan fingerprint density at radius 3 is 2.39 bits per heavy atom. The Kier molecular flexibility index (Phi) is 4.73. The first-order valence-corrected chi connectivity index (χ1v) is 10.2. The summed E-state index contributed by atoms with van der Waals surface area (Å²) in [7, 11) is 0. The molecule has 0 aliphatic carbocycles. The lowest BCUT2D eigenvalue weighted by Crippen LogP contribution is -2.12. The van der Waals surface area contributed by atoms with E-state index in [1.165, 1.54) is 16.9 Å². The van der Waals surface area contributed by atoms with Crippen molar-refractivity contribution in [2.24, 2.45) is 0 Å². The van der Waals surface area contributed by atoms with Crippen LogP contribution < -0.4 is 5.32 Å². The standard InChI is InChI=1S/C24H22N2OS/c1-24(2,3)18-13-11-17(12-14-18)21-15-28-23(25-21)26-22(27)20-10-6-8-16-7-4-5-9-19(16)20/h4-15H,1-3H3,(H,25,26,27). The normalized spacial score (nSPS) is 11.5. The number of nitrogens with zero attached hydrogens (tertiary/aromatic N) is 1. The zero-order valence-electron chi connectivity index (χ0n) is 16.2. The quantitative estimate of drug-likeness (QED) is 0.436. The molecular formula is C24H22N2OS. The fraction of sp³-hybridized carbons (Fsp3) is 0.167. The van der Waals surface area contributed by atoms with Crippen LogP contribution in [0.2, 0.25) is 0 Å². The first-order chi connectivity index (χ1) is 13.4. The van der Waals surface area contributed by atoms with Crippen LogP contribution in [0.15, 0.2) is 72.1 Å². The maximum absolute atomic E-state index is 12.8. The Labute approximate surface area is 169 Å². The molecule has 28 heavy (non-hydrogen) atoms. The van der Waals surface area contributed by atoms with Crippen molar-refractivity contribution in [3.8, 4) is 11.3 Å². The predicted molar refractivity (Wildman–Crippen MR) is 118 cm³/mol. The van der Waals surface area contributed by atoms with Gasteiger partial charge < -0.3 is 0 Å². The van der Waals surface area contributed by atoms with Gasteiger partial charge in [-0.05, 0) is 27.8 Å². The SMILES string of the molecule is CC(C)(C)c1ccc(-c2csc(NC(=O)c3cccc4ccccc34)n2)cc1. The van der Waals surface area contributed by atoms with E-state index in [9.17, 15) is 4.79 Å². The lowest BCUT2D eigenvalue weighted by Gasteiger charge is -2.18. The largest absolute Gasteiger partial charge is 0.298 e. The third kappa shape index (κ3) is 3.69. The number of carbonyl (C=O) groups is 1. The summed E-state index contributed by atoms with van der Waals surface area (Å²) in [6.07, 6.45) is 0. The monoisotopic (exact) mass is 386 g/mol. The molecule has 4 rings (SSSR count). The molecule has 0 atom stereocenters. The Morgan fingerprint density at radius 2 is 1.64 bits per heavy atom. The maximum atomic E-state index is 12.8. The highest BCUT2D eigenvalue weighted by atomic mass is 32.1. The molecule has 0 saturated carbocycles. The zero-order valence-corrected chi connectivity index (χ0v) is 17.0. The van der Waals surface area contributed by atoms with Crippen molar-refractivity contribution in [2.75, 3.05) is 5.32 Å². The molecule has 1 aromatic heterocycles. The van der Waals surface area contributed by atoms with Gasteiger partial charge in [-0.25, -0.2) is 4.98 Å². The molecule has 1 heterocycles. The summed E-state index contributed by atoms with van der Waals surface area (Å²) in [5.74, 6) is -0.138. The summed E-state index contributed by atoms with van der Waals surface area (Å²) in [6, 6.07) is 22.1. The van der Waals surface area contributed by atoms with Gasteiger partial charge in [0.25, 0.3) is 5.91 Å². The number of benzene rings is 3. The van der Waals surface area contributed by atoms with Crippen molar-refractivity contribution in [2.45, 2.75) is 26.2 Å². The van der Waals surface area contributed by atoms with Crippen LogP contribution in [0, 0.1) is 0 Å². The number of carbonyl (C=O) groups excluding carboxylic acids is 1. The van der Waals surface area contributed by atoms with Crippen LogP contribution >= 0.6 is 11.3 Å². The van der Waals surface area contributed by atoms with E-state index in [1.807, 2.05) is 47.8 Å². The van der Waals surface area contributed by atoms with Crippen LogP contribution in [0.3, 0.4) is 0 Å². The van der Waals surface area contributed by atoms with Crippen molar-refractivity contribution in [3.05, 3.63) is 83.2 Å². The van der Waals surface area contributed by atoms with E-state index in [-0.39, 0.29) is 11.3 Å². The summed E-state index contributed by atoms with van der Waals surface area (Å²) in [5, 5.41) is 7.52. The number of anilines is 1. The van der Waals surface area contributed by atoms with E-state index in [0.717, 1.165) is 22.0 Å². The molecule has 3 aromatic carbocycles. The van der Waals surface area contributed by atoms with E-state index in [1.54, 1.807) is 0 Å². The summed E-state index contributed by atoms with van der Waals surface area (Å²) in [4.78, 5) is 17.4. The molecule has 0 aliphatic heterocycles. The molecular weight excluding hydrogens is 364 g/mol. The Morgan fingerprint density at radius 1 is 0.929 bits per heavy atom. The number of amides is 1. The summed E-state index contributed by atoms with van der Waals surface area (Å²) in [5.41, 5.74) is 3.99. The summed E-state index contributed by atoms with van der Waals surface area (Å²) < 4.78 is 0. The number of thiazole rings is 1. The molecule has 140 valence electrons. The molecule has 0 unspecified atom stereocenters. The molecule has 0 bridgehead atoms. The number of hydrogen-bond donors (Lipinski definition) is 1. The molecule has 0 saturated heterocycles. The smallest absolute Gasteiger partial charge is 0.258 e. The summed E-state index contributed by atoms with van der Waals surface area (Å²) >= 11 is 1.44. The van der Waals surface area contributed by atoms with Gasteiger partial charge in [-0.3, -0.25) is 10.1 Å². The average molecular weight is 387 g/mol. The number of aromatic nitrogens is 1. The fourth-order valence-electron chi connectivity index (χ4n) is 3.19. The van der Waals surface area contributed by atoms with Crippen LogP contribution in [-0.2, 0) is 5.41 Å². The molecule has 1 amide bonds. The van der Waals surface area contributed by atoms with Gasteiger partial charge in [-0.1, -0.05) is 81.4 Å². The Bertz CT molecular complexity index is 1130. The second-order valence-corrected chi connectivity index (χ2v) is 8.70. The minimum atomic E-state index is -0.138. The van der Waals surface area contributed by atoms with Gasteiger partial charge in [0.05, 0.1) is 5.69 Å². The number of rotatable bonds is 3. The highest BCUT2D eigenvalue weighted by Crippen LogP contribution is 2.29. The van der Waals surface area contributed by atoms with E-state index in [4.69, 9.17) is 0 Å². The van der Waals surface area contributed by atoms with Crippen LogP contribution in [0.4, 0.5) is 5.13 Å². The molecule has 4 heteroatoms. The molecule has 0 spiro atoms. The van der Waals surface area contributed by atoms with E-state index >= 15 is 0 Å². The van der Waals surface area contributed by atoms with Crippen molar-refractivity contribution >= 4 is 33.1 Å². The molecule has 0 aliphatic rings. The van der Waals surface area contributed by atoms with Gasteiger partial charge >= 0.3 is 0 Å². The second kappa shape index (κ2) is 7.21. The minimum Gasteiger partial charge on any atom is -0.298 e. The lowest BCUT2D eigenvalue weighted by atomic mass is 9.86. The van der Waals surface area contributed by atoms with Crippen molar-refractivity contribution in [3.63, 3.8) is 0 Å². The van der Waals surface area contributed by atoms with Crippen molar-refractivity contribution < 1.29 is 4.79 Å². The molecule has 1 N–H and O–H groups in total. The lowest BCUT2D eigenvalue weighted by molar-refractivity contribution is 0.102. The first-order valence-electron chi connectivity index (χ1n) is 9.27. The fourth-order valence-corrected chi connectivity index (χ4v) is 3.91. The number of fused-ring (bicyclic) bond motifs is 1. The average Bonchev–Trinajstić information content (AvgIpc) is 3.15. The van der Waals surface area contributed by atoms with E-state index < -0.39 is 0 Å². The first kappa shape index (κ1) is 18.4. The topological polar surface area (TPSA) is 42.0 Å².